The van der Waals surface area contributed by atoms with Crippen molar-refractivity contribution in [3.8, 4) is 11.1 Å². The minimum atomic E-state index is -0.264. The Morgan fingerprint density at radius 2 is 1.15 bits per heavy atom. The molecule has 0 saturated carbocycles. The van der Waals surface area contributed by atoms with Gasteiger partial charge in [0.2, 0.25) is 0 Å². The number of rotatable bonds is 1. The summed E-state index contributed by atoms with van der Waals surface area (Å²) >= 11 is 0. The average Bonchev–Trinajstić information content (AvgIpc) is 3.03. The highest BCUT2D eigenvalue weighted by atomic mass is 16.5. The van der Waals surface area contributed by atoms with Gasteiger partial charge in [-0.25, -0.2) is 9.59 Å². The summed E-state index contributed by atoms with van der Waals surface area (Å²) in [5, 5.41) is 0. The van der Waals surface area contributed by atoms with Crippen LogP contribution in [-0.4, -0.2) is 11.9 Å². The second-order valence-electron chi connectivity index (χ2n) is 4.90. The molecular formula is C16H10O4. The first-order valence-corrected chi connectivity index (χ1v) is 6.33. The minimum Gasteiger partial charge on any atom is -0.457 e. The first-order valence-electron chi connectivity index (χ1n) is 6.33. The first kappa shape index (κ1) is 11.2. The highest BCUT2D eigenvalue weighted by Crippen LogP contribution is 2.30. The van der Waals surface area contributed by atoms with Crippen LogP contribution in [0.3, 0.4) is 0 Å². The summed E-state index contributed by atoms with van der Waals surface area (Å²) in [6, 6.07) is 11.3. The fourth-order valence-electron chi connectivity index (χ4n) is 2.63. The summed E-state index contributed by atoms with van der Waals surface area (Å²) in [5.74, 6) is -0.529. The maximum atomic E-state index is 11.4. The van der Waals surface area contributed by atoms with Gasteiger partial charge < -0.3 is 9.47 Å². The third-order valence-electron chi connectivity index (χ3n) is 3.70. The molecular weight excluding hydrogens is 256 g/mol. The number of hydrogen-bond acceptors (Lipinski definition) is 4. The van der Waals surface area contributed by atoms with Crippen molar-refractivity contribution >= 4 is 11.9 Å². The summed E-state index contributed by atoms with van der Waals surface area (Å²) in [4.78, 5) is 22.9. The van der Waals surface area contributed by atoms with Crippen molar-refractivity contribution in [3.05, 3.63) is 58.7 Å². The Morgan fingerprint density at radius 1 is 0.700 bits per heavy atom. The average molecular weight is 266 g/mol. The van der Waals surface area contributed by atoms with E-state index in [0.29, 0.717) is 24.3 Å². The Balaban J connectivity index is 1.79. The van der Waals surface area contributed by atoms with Crippen LogP contribution < -0.4 is 0 Å². The van der Waals surface area contributed by atoms with E-state index < -0.39 is 0 Å². The molecule has 2 aromatic carbocycles. The van der Waals surface area contributed by atoms with Crippen molar-refractivity contribution in [1.82, 2.24) is 0 Å². The van der Waals surface area contributed by atoms with Crippen LogP contribution in [0.25, 0.3) is 11.1 Å². The van der Waals surface area contributed by atoms with E-state index in [4.69, 9.17) is 9.47 Å². The van der Waals surface area contributed by atoms with Gasteiger partial charge >= 0.3 is 11.9 Å². The molecule has 20 heavy (non-hydrogen) atoms. The molecule has 2 aromatic rings. The zero-order valence-corrected chi connectivity index (χ0v) is 10.5. The van der Waals surface area contributed by atoms with Crippen molar-refractivity contribution in [1.29, 1.82) is 0 Å². The van der Waals surface area contributed by atoms with Crippen LogP contribution in [0.2, 0.25) is 0 Å². The number of carbonyl (C=O) groups excluding carboxylic acids is 2. The van der Waals surface area contributed by atoms with Gasteiger partial charge in [-0.05, 0) is 35.4 Å². The maximum absolute atomic E-state index is 11.4. The van der Waals surface area contributed by atoms with Crippen LogP contribution in [0.4, 0.5) is 0 Å². The van der Waals surface area contributed by atoms with Crippen molar-refractivity contribution in [2.75, 3.05) is 0 Å². The lowest BCUT2D eigenvalue weighted by Crippen LogP contribution is -1.94. The Bertz CT molecular complexity index is 696. The van der Waals surface area contributed by atoms with Gasteiger partial charge in [-0.1, -0.05) is 12.1 Å². The molecule has 0 aromatic heterocycles. The van der Waals surface area contributed by atoms with Crippen LogP contribution >= 0.6 is 0 Å². The van der Waals surface area contributed by atoms with E-state index in [0.717, 1.165) is 22.3 Å². The van der Waals surface area contributed by atoms with Crippen molar-refractivity contribution in [3.63, 3.8) is 0 Å². The van der Waals surface area contributed by atoms with Gasteiger partial charge in [0.1, 0.15) is 13.2 Å². The number of hydrogen-bond donors (Lipinski definition) is 0. The Labute approximate surface area is 114 Å². The lowest BCUT2D eigenvalue weighted by molar-refractivity contribution is 0.0526. The number of fused-ring (bicyclic) bond motifs is 2. The SMILES string of the molecule is O=C1OCc2cc(-c3ccc4c(c3)COC4=O)ccc21. The molecule has 2 aliphatic rings. The predicted octanol–water partition coefficient (Wildman–Crippen LogP) is 2.69. The third kappa shape index (κ3) is 1.54. The summed E-state index contributed by atoms with van der Waals surface area (Å²) in [7, 11) is 0. The van der Waals surface area contributed by atoms with E-state index in [2.05, 4.69) is 0 Å². The van der Waals surface area contributed by atoms with Gasteiger partial charge in [-0.15, -0.1) is 0 Å². The van der Waals surface area contributed by atoms with Crippen LogP contribution in [0.5, 0.6) is 0 Å². The molecule has 0 amide bonds. The number of esters is 2. The lowest BCUT2D eigenvalue weighted by atomic mass is 9.97. The van der Waals surface area contributed by atoms with Crippen molar-refractivity contribution < 1.29 is 19.1 Å². The summed E-state index contributed by atoms with van der Waals surface area (Å²) in [6.07, 6.45) is 0. The zero-order valence-electron chi connectivity index (χ0n) is 10.5. The van der Waals surface area contributed by atoms with E-state index in [1.807, 2.05) is 24.3 Å². The van der Waals surface area contributed by atoms with Gasteiger partial charge in [-0.3, -0.25) is 0 Å². The largest absolute Gasteiger partial charge is 0.457 e. The molecule has 0 unspecified atom stereocenters. The lowest BCUT2D eigenvalue weighted by Gasteiger charge is -2.05. The molecule has 2 aliphatic heterocycles. The monoisotopic (exact) mass is 266 g/mol. The number of ether oxygens (including phenoxy) is 2. The summed E-state index contributed by atoms with van der Waals surface area (Å²) < 4.78 is 10.00. The molecule has 2 heterocycles. The normalized spacial score (nSPS) is 15.6. The van der Waals surface area contributed by atoms with Crippen LogP contribution in [0, 0.1) is 0 Å². The molecule has 0 radical (unpaired) electrons. The molecule has 4 rings (SSSR count). The molecule has 0 spiro atoms. The predicted molar refractivity (Wildman–Crippen MR) is 70.1 cm³/mol. The number of carbonyl (C=O) groups is 2. The maximum Gasteiger partial charge on any atom is 0.338 e. The summed E-state index contributed by atoms with van der Waals surface area (Å²) in [5.41, 5.74) is 5.08. The van der Waals surface area contributed by atoms with E-state index in [1.54, 1.807) is 12.1 Å². The van der Waals surface area contributed by atoms with Gasteiger partial charge in [0.15, 0.2) is 0 Å². The molecule has 4 heteroatoms. The molecule has 0 atom stereocenters. The minimum absolute atomic E-state index is 0.264. The Morgan fingerprint density at radius 3 is 1.60 bits per heavy atom. The van der Waals surface area contributed by atoms with E-state index in [-0.39, 0.29) is 11.9 Å². The second-order valence-corrected chi connectivity index (χ2v) is 4.90. The van der Waals surface area contributed by atoms with Gasteiger partial charge in [0.25, 0.3) is 0 Å². The van der Waals surface area contributed by atoms with Gasteiger partial charge in [-0.2, -0.15) is 0 Å². The fourth-order valence-corrected chi connectivity index (χ4v) is 2.63. The van der Waals surface area contributed by atoms with E-state index in [9.17, 15) is 9.59 Å². The fraction of sp³-hybridized carbons (Fsp3) is 0.125. The molecule has 0 N–H and O–H groups in total. The third-order valence-corrected chi connectivity index (χ3v) is 3.70. The first-order chi connectivity index (χ1) is 9.72. The highest BCUT2D eigenvalue weighted by Gasteiger charge is 2.23. The summed E-state index contributed by atoms with van der Waals surface area (Å²) in [6.45, 7) is 0.656. The Kier molecular flexibility index (Phi) is 2.21. The van der Waals surface area contributed by atoms with Crippen molar-refractivity contribution in [2.24, 2.45) is 0 Å². The molecule has 0 fully saturated rings. The molecule has 98 valence electrons. The highest BCUT2D eigenvalue weighted by molar-refractivity contribution is 5.95. The number of benzene rings is 2. The molecule has 0 bridgehead atoms. The van der Waals surface area contributed by atoms with E-state index >= 15 is 0 Å². The second kappa shape index (κ2) is 3.93. The number of cyclic esters (lactones) is 2. The van der Waals surface area contributed by atoms with Crippen LogP contribution in [0.15, 0.2) is 36.4 Å². The van der Waals surface area contributed by atoms with Gasteiger partial charge in [0.05, 0.1) is 11.1 Å². The van der Waals surface area contributed by atoms with Gasteiger partial charge in [0, 0.05) is 11.1 Å². The van der Waals surface area contributed by atoms with Crippen LogP contribution in [-0.2, 0) is 22.7 Å². The zero-order chi connectivity index (χ0) is 13.7. The Hall–Kier alpha value is -2.62. The molecule has 4 nitrogen and oxygen atoms in total. The van der Waals surface area contributed by atoms with Crippen LogP contribution in [0.1, 0.15) is 31.8 Å². The smallest absolute Gasteiger partial charge is 0.338 e. The quantitative estimate of drug-likeness (QED) is 0.745. The van der Waals surface area contributed by atoms with E-state index in [1.165, 1.54) is 0 Å². The molecule has 0 saturated heterocycles. The topological polar surface area (TPSA) is 52.6 Å². The van der Waals surface area contributed by atoms with Crippen molar-refractivity contribution in [2.45, 2.75) is 13.2 Å². The molecule has 0 aliphatic carbocycles. The standard InChI is InChI=1S/C16H10O4/c17-15-13-3-1-9(5-11(13)7-19-15)10-2-4-14-12(6-10)8-20-16(14)18/h1-6H,7-8H2.